The average Bonchev–Trinajstić information content (AvgIpc) is 2.52. The van der Waals surface area contributed by atoms with Crippen LogP contribution in [0.15, 0.2) is 5.11 Å². The van der Waals surface area contributed by atoms with Gasteiger partial charge in [-0.25, -0.2) is 0 Å². The quantitative estimate of drug-likeness (QED) is 0.124. The van der Waals surface area contributed by atoms with Gasteiger partial charge in [0, 0.05) is 4.91 Å². The third-order valence-corrected chi connectivity index (χ3v) is 4.31. The maximum absolute atomic E-state index is 8.66. The SMILES string of the molecule is CCCCCCCCCCCCCCC(COC(C)(C)C)N=[N+]=[N-]. The molecular formula is C20H41N3O. The van der Waals surface area contributed by atoms with Gasteiger partial charge in [0.15, 0.2) is 0 Å². The molecule has 1 unspecified atom stereocenters. The summed E-state index contributed by atoms with van der Waals surface area (Å²) in [6.45, 7) is 8.90. The molecular weight excluding hydrogens is 298 g/mol. The summed E-state index contributed by atoms with van der Waals surface area (Å²) in [7, 11) is 0. The first-order valence-corrected chi connectivity index (χ1v) is 10.2. The van der Waals surface area contributed by atoms with Gasteiger partial charge in [0.2, 0.25) is 0 Å². The lowest BCUT2D eigenvalue weighted by Gasteiger charge is -2.22. The van der Waals surface area contributed by atoms with Crippen LogP contribution in [-0.2, 0) is 4.74 Å². The highest BCUT2D eigenvalue weighted by atomic mass is 16.5. The normalized spacial score (nSPS) is 12.8. The van der Waals surface area contributed by atoms with E-state index in [1.807, 2.05) is 20.8 Å². The first kappa shape index (κ1) is 23.3. The van der Waals surface area contributed by atoms with E-state index in [0.717, 1.165) is 12.8 Å². The van der Waals surface area contributed by atoms with Crippen LogP contribution in [0.1, 0.15) is 111 Å². The van der Waals surface area contributed by atoms with Crippen molar-refractivity contribution in [1.82, 2.24) is 0 Å². The second kappa shape index (κ2) is 15.8. The molecule has 0 bridgehead atoms. The van der Waals surface area contributed by atoms with Crippen LogP contribution in [0.2, 0.25) is 0 Å². The Hall–Kier alpha value is -0.730. The van der Waals surface area contributed by atoms with Crippen LogP contribution < -0.4 is 0 Å². The molecule has 0 spiro atoms. The predicted octanol–water partition coefficient (Wildman–Crippen LogP) is 7.57. The molecule has 1 atom stereocenters. The Labute approximate surface area is 150 Å². The fourth-order valence-electron chi connectivity index (χ4n) is 2.81. The van der Waals surface area contributed by atoms with Crippen molar-refractivity contribution in [2.75, 3.05) is 6.61 Å². The molecule has 0 heterocycles. The lowest BCUT2D eigenvalue weighted by Crippen LogP contribution is -2.25. The number of ether oxygens (including phenoxy) is 1. The van der Waals surface area contributed by atoms with E-state index in [-0.39, 0.29) is 11.6 Å². The van der Waals surface area contributed by atoms with Crippen molar-refractivity contribution in [2.24, 2.45) is 5.11 Å². The smallest absolute Gasteiger partial charge is 0.0608 e. The van der Waals surface area contributed by atoms with E-state index < -0.39 is 0 Å². The van der Waals surface area contributed by atoms with Gasteiger partial charge < -0.3 is 4.74 Å². The zero-order valence-electron chi connectivity index (χ0n) is 16.7. The molecule has 0 aromatic carbocycles. The van der Waals surface area contributed by atoms with E-state index in [9.17, 15) is 0 Å². The van der Waals surface area contributed by atoms with E-state index in [4.69, 9.17) is 10.3 Å². The summed E-state index contributed by atoms with van der Waals surface area (Å²) in [5, 5.41) is 3.87. The molecule has 24 heavy (non-hydrogen) atoms. The molecule has 142 valence electrons. The predicted molar refractivity (Wildman–Crippen MR) is 104 cm³/mol. The van der Waals surface area contributed by atoms with Crippen molar-refractivity contribution in [3.8, 4) is 0 Å². The Balaban J connectivity index is 3.47. The second-order valence-electron chi connectivity index (χ2n) is 7.96. The summed E-state index contributed by atoms with van der Waals surface area (Å²) in [6.07, 6.45) is 17.1. The van der Waals surface area contributed by atoms with Gasteiger partial charge in [-0.1, -0.05) is 89.1 Å². The molecule has 0 saturated carbocycles. The summed E-state index contributed by atoms with van der Waals surface area (Å²) in [5.74, 6) is 0. The molecule has 0 aliphatic heterocycles. The molecule has 0 aliphatic rings. The molecule has 0 aromatic rings. The van der Waals surface area contributed by atoms with Gasteiger partial charge in [0.1, 0.15) is 0 Å². The summed E-state index contributed by atoms with van der Waals surface area (Å²) < 4.78 is 5.74. The molecule has 0 N–H and O–H groups in total. The minimum atomic E-state index is -0.167. The average molecular weight is 340 g/mol. The molecule has 0 aliphatic carbocycles. The topological polar surface area (TPSA) is 58.0 Å². The van der Waals surface area contributed by atoms with Crippen molar-refractivity contribution in [1.29, 1.82) is 0 Å². The van der Waals surface area contributed by atoms with Gasteiger partial charge >= 0.3 is 0 Å². The van der Waals surface area contributed by atoms with Gasteiger partial charge in [0.25, 0.3) is 0 Å². The monoisotopic (exact) mass is 339 g/mol. The lowest BCUT2D eigenvalue weighted by molar-refractivity contribution is -0.0109. The van der Waals surface area contributed by atoms with Crippen LogP contribution in [-0.4, -0.2) is 18.2 Å². The van der Waals surface area contributed by atoms with Crippen molar-refractivity contribution < 1.29 is 4.74 Å². The van der Waals surface area contributed by atoms with E-state index in [0.29, 0.717) is 6.61 Å². The molecule has 0 saturated heterocycles. The lowest BCUT2D eigenvalue weighted by atomic mass is 10.0. The first-order valence-electron chi connectivity index (χ1n) is 10.2. The van der Waals surface area contributed by atoms with Gasteiger partial charge in [0.05, 0.1) is 18.2 Å². The second-order valence-corrected chi connectivity index (χ2v) is 7.96. The minimum absolute atomic E-state index is 0.0163. The highest BCUT2D eigenvalue weighted by Gasteiger charge is 2.14. The number of rotatable bonds is 16. The fourth-order valence-corrected chi connectivity index (χ4v) is 2.81. The van der Waals surface area contributed by atoms with E-state index >= 15 is 0 Å². The number of hydrogen-bond donors (Lipinski definition) is 0. The Morgan fingerprint density at radius 3 is 1.71 bits per heavy atom. The Morgan fingerprint density at radius 1 is 0.833 bits per heavy atom. The van der Waals surface area contributed by atoms with Crippen molar-refractivity contribution >= 4 is 0 Å². The highest BCUT2D eigenvalue weighted by molar-refractivity contribution is 4.69. The maximum atomic E-state index is 8.66. The first-order chi connectivity index (χ1) is 11.5. The van der Waals surface area contributed by atoms with Crippen LogP contribution in [0.4, 0.5) is 0 Å². The van der Waals surface area contributed by atoms with Gasteiger partial charge in [-0.05, 0) is 32.7 Å². The molecule has 0 fully saturated rings. The molecule has 0 rings (SSSR count). The van der Waals surface area contributed by atoms with E-state index in [1.165, 1.54) is 70.6 Å². The Morgan fingerprint density at radius 2 is 1.29 bits per heavy atom. The number of azide groups is 1. The van der Waals surface area contributed by atoms with Crippen molar-refractivity contribution in [3.63, 3.8) is 0 Å². The summed E-state index contributed by atoms with van der Waals surface area (Å²) in [4.78, 5) is 2.96. The highest BCUT2D eigenvalue weighted by Crippen LogP contribution is 2.15. The minimum Gasteiger partial charge on any atom is -0.375 e. The van der Waals surface area contributed by atoms with Crippen LogP contribution in [0.25, 0.3) is 10.4 Å². The van der Waals surface area contributed by atoms with E-state index in [1.54, 1.807) is 0 Å². The molecule has 0 aromatic heterocycles. The van der Waals surface area contributed by atoms with Crippen LogP contribution >= 0.6 is 0 Å². The van der Waals surface area contributed by atoms with E-state index in [2.05, 4.69) is 16.9 Å². The van der Waals surface area contributed by atoms with Gasteiger partial charge in [-0.3, -0.25) is 0 Å². The third kappa shape index (κ3) is 17.6. The van der Waals surface area contributed by atoms with Crippen molar-refractivity contribution in [2.45, 2.75) is 123 Å². The third-order valence-electron chi connectivity index (χ3n) is 4.31. The standard InChI is InChI=1S/C20H41N3O/c1-5-6-7-8-9-10-11-12-13-14-15-16-17-19(22-23-21)18-24-20(2,3)4/h19H,5-18H2,1-4H3. The maximum Gasteiger partial charge on any atom is 0.0608 e. The zero-order chi connectivity index (χ0) is 18.1. The fraction of sp³-hybridized carbons (Fsp3) is 1.00. The Bertz CT molecular complexity index is 319. The van der Waals surface area contributed by atoms with Crippen LogP contribution in [0.3, 0.4) is 0 Å². The molecule has 4 nitrogen and oxygen atoms in total. The largest absolute Gasteiger partial charge is 0.375 e. The summed E-state index contributed by atoms with van der Waals surface area (Å²) in [6, 6.07) is -0.0163. The summed E-state index contributed by atoms with van der Waals surface area (Å²) >= 11 is 0. The Kier molecular flexibility index (Phi) is 15.3. The van der Waals surface area contributed by atoms with Crippen molar-refractivity contribution in [3.05, 3.63) is 10.4 Å². The molecule has 0 radical (unpaired) electrons. The van der Waals surface area contributed by atoms with Gasteiger partial charge in [-0.2, -0.15) is 0 Å². The van der Waals surface area contributed by atoms with Crippen LogP contribution in [0, 0.1) is 0 Å². The molecule has 0 amide bonds. The zero-order valence-corrected chi connectivity index (χ0v) is 16.7. The van der Waals surface area contributed by atoms with Gasteiger partial charge in [-0.15, -0.1) is 0 Å². The number of unbranched alkanes of at least 4 members (excludes halogenated alkanes) is 11. The number of hydrogen-bond acceptors (Lipinski definition) is 2. The van der Waals surface area contributed by atoms with Crippen LogP contribution in [0.5, 0.6) is 0 Å². The summed E-state index contributed by atoms with van der Waals surface area (Å²) in [5.41, 5.74) is 8.49. The molecule has 4 heteroatoms. The number of nitrogens with zero attached hydrogens (tertiary/aromatic N) is 3.